The van der Waals surface area contributed by atoms with Crippen LogP contribution in [0.5, 0.6) is 0 Å². The van der Waals surface area contributed by atoms with E-state index in [9.17, 15) is 0 Å². The van der Waals surface area contributed by atoms with Gasteiger partial charge in [0.2, 0.25) is 0 Å². The van der Waals surface area contributed by atoms with Crippen molar-refractivity contribution >= 4 is 0 Å². The smallest absolute Gasteiger partial charge is 0.0991 e. The summed E-state index contributed by atoms with van der Waals surface area (Å²) in [6.07, 6.45) is 0. The molecule has 4 heteroatoms. The first-order valence-electron chi connectivity index (χ1n) is 6.92. The van der Waals surface area contributed by atoms with E-state index in [0.29, 0.717) is 11.1 Å². The molecule has 1 aliphatic rings. The summed E-state index contributed by atoms with van der Waals surface area (Å²) in [5.41, 5.74) is 1.43. The number of hydrogen-bond acceptors (Lipinski definition) is 4. The SMILES string of the molecule is C1COCCO1.N#Cc1ccccc1.N#Cc1ccccc1. The van der Waals surface area contributed by atoms with E-state index in [0.717, 1.165) is 26.4 Å². The Hall–Kier alpha value is -2.66. The number of nitriles is 2. The molecule has 1 saturated heterocycles. The van der Waals surface area contributed by atoms with Crippen molar-refractivity contribution in [3.05, 3.63) is 71.8 Å². The Morgan fingerprint density at radius 3 is 1.09 bits per heavy atom. The van der Waals surface area contributed by atoms with E-state index in [1.54, 1.807) is 24.3 Å². The zero-order chi connectivity index (χ0) is 15.9. The van der Waals surface area contributed by atoms with Gasteiger partial charge in [-0.2, -0.15) is 10.5 Å². The van der Waals surface area contributed by atoms with E-state index >= 15 is 0 Å². The standard InChI is InChI=1S/2C7H5N.C4H8O2/c2*8-6-7-4-2-1-3-5-7;1-2-6-4-3-5-1/h2*1-5H;1-4H2. The van der Waals surface area contributed by atoms with E-state index in [1.165, 1.54) is 0 Å². The largest absolute Gasteiger partial charge is 0.377 e. The van der Waals surface area contributed by atoms with Crippen LogP contribution in [0.1, 0.15) is 11.1 Å². The Morgan fingerprint density at radius 2 is 0.909 bits per heavy atom. The summed E-state index contributed by atoms with van der Waals surface area (Å²) in [5.74, 6) is 0. The monoisotopic (exact) mass is 294 g/mol. The lowest BCUT2D eigenvalue weighted by Gasteiger charge is -2.09. The Morgan fingerprint density at radius 1 is 0.591 bits per heavy atom. The molecule has 0 unspecified atom stereocenters. The number of nitrogens with zero attached hydrogens (tertiary/aromatic N) is 2. The molecule has 0 amide bonds. The molecule has 0 saturated carbocycles. The third-order valence-corrected chi connectivity index (χ3v) is 2.55. The van der Waals surface area contributed by atoms with E-state index in [4.69, 9.17) is 20.0 Å². The van der Waals surface area contributed by atoms with E-state index < -0.39 is 0 Å². The zero-order valence-corrected chi connectivity index (χ0v) is 12.3. The maximum absolute atomic E-state index is 8.29. The molecule has 2 aromatic rings. The van der Waals surface area contributed by atoms with Crippen LogP contribution in [0.2, 0.25) is 0 Å². The minimum absolute atomic E-state index is 0.715. The van der Waals surface area contributed by atoms with Gasteiger partial charge in [0.1, 0.15) is 0 Å². The van der Waals surface area contributed by atoms with Crippen LogP contribution in [0.15, 0.2) is 60.7 Å². The number of ether oxygens (including phenoxy) is 2. The lowest BCUT2D eigenvalue weighted by atomic mass is 10.2. The molecule has 112 valence electrons. The highest BCUT2D eigenvalue weighted by molar-refractivity contribution is 5.27. The number of rotatable bonds is 0. The molecule has 22 heavy (non-hydrogen) atoms. The van der Waals surface area contributed by atoms with Gasteiger partial charge >= 0.3 is 0 Å². The van der Waals surface area contributed by atoms with E-state index in [1.807, 2.05) is 48.5 Å². The first kappa shape index (κ1) is 17.4. The normalized spacial score (nSPS) is 12.3. The minimum atomic E-state index is 0.715. The summed E-state index contributed by atoms with van der Waals surface area (Å²) in [6.45, 7) is 3.11. The van der Waals surface area contributed by atoms with Gasteiger partial charge in [-0.25, -0.2) is 0 Å². The minimum Gasteiger partial charge on any atom is -0.377 e. The van der Waals surface area contributed by atoms with Crippen molar-refractivity contribution in [2.45, 2.75) is 0 Å². The molecule has 0 bridgehead atoms. The Bertz CT molecular complexity index is 521. The number of hydrogen-bond donors (Lipinski definition) is 0. The van der Waals surface area contributed by atoms with Crippen LogP contribution in [-0.2, 0) is 9.47 Å². The molecule has 0 aliphatic carbocycles. The van der Waals surface area contributed by atoms with Crippen LogP contribution < -0.4 is 0 Å². The van der Waals surface area contributed by atoms with Gasteiger partial charge < -0.3 is 9.47 Å². The highest BCUT2D eigenvalue weighted by Gasteiger charge is 1.94. The molecule has 0 atom stereocenters. The Kier molecular flexibility index (Phi) is 9.57. The van der Waals surface area contributed by atoms with Crippen LogP contribution >= 0.6 is 0 Å². The molecule has 2 aromatic carbocycles. The summed E-state index contributed by atoms with van der Waals surface area (Å²) >= 11 is 0. The fourth-order valence-corrected chi connectivity index (χ4v) is 1.47. The van der Waals surface area contributed by atoms with Gasteiger partial charge in [0, 0.05) is 0 Å². The van der Waals surface area contributed by atoms with Crippen molar-refractivity contribution in [3.63, 3.8) is 0 Å². The quantitative estimate of drug-likeness (QED) is 0.748. The average Bonchev–Trinajstić information content (AvgIpc) is 2.65. The molecule has 1 aliphatic heterocycles. The van der Waals surface area contributed by atoms with Gasteiger partial charge in [0.25, 0.3) is 0 Å². The summed E-state index contributed by atoms with van der Waals surface area (Å²) in [7, 11) is 0. The maximum atomic E-state index is 8.29. The lowest BCUT2D eigenvalue weighted by molar-refractivity contribution is -0.0334. The summed E-state index contributed by atoms with van der Waals surface area (Å²) in [5, 5.41) is 16.6. The van der Waals surface area contributed by atoms with Gasteiger partial charge in [0.05, 0.1) is 49.7 Å². The van der Waals surface area contributed by atoms with Crippen LogP contribution in [0.4, 0.5) is 0 Å². The van der Waals surface area contributed by atoms with Crippen molar-refractivity contribution in [2.75, 3.05) is 26.4 Å². The van der Waals surface area contributed by atoms with E-state index in [2.05, 4.69) is 0 Å². The van der Waals surface area contributed by atoms with Crippen LogP contribution in [0, 0.1) is 22.7 Å². The van der Waals surface area contributed by atoms with Crippen molar-refractivity contribution in [1.29, 1.82) is 10.5 Å². The average molecular weight is 294 g/mol. The first-order valence-corrected chi connectivity index (χ1v) is 6.92. The van der Waals surface area contributed by atoms with Crippen LogP contribution in [-0.4, -0.2) is 26.4 Å². The van der Waals surface area contributed by atoms with Crippen LogP contribution in [0.25, 0.3) is 0 Å². The molecule has 0 spiro atoms. The van der Waals surface area contributed by atoms with Crippen molar-refractivity contribution < 1.29 is 9.47 Å². The lowest BCUT2D eigenvalue weighted by Crippen LogP contribution is -2.16. The predicted molar refractivity (Wildman–Crippen MR) is 84.0 cm³/mol. The van der Waals surface area contributed by atoms with Crippen molar-refractivity contribution in [1.82, 2.24) is 0 Å². The van der Waals surface area contributed by atoms with Gasteiger partial charge in [-0.3, -0.25) is 0 Å². The third-order valence-electron chi connectivity index (χ3n) is 2.55. The molecule has 1 fully saturated rings. The highest BCUT2D eigenvalue weighted by atomic mass is 16.6. The van der Waals surface area contributed by atoms with Gasteiger partial charge in [0.15, 0.2) is 0 Å². The predicted octanol–water partition coefficient (Wildman–Crippen LogP) is 3.15. The van der Waals surface area contributed by atoms with Crippen molar-refractivity contribution in [2.24, 2.45) is 0 Å². The van der Waals surface area contributed by atoms with Gasteiger partial charge in [-0.05, 0) is 24.3 Å². The molecular formula is C18H18N2O2. The zero-order valence-electron chi connectivity index (χ0n) is 12.3. The van der Waals surface area contributed by atoms with Gasteiger partial charge in [-0.15, -0.1) is 0 Å². The maximum Gasteiger partial charge on any atom is 0.0991 e. The first-order chi connectivity index (χ1) is 10.9. The van der Waals surface area contributed by atoms with Crippen LogP contribution in [0.3, 0.4) is 0 Å². The fourth-order valence-electron chi connectivity index (χ4n) is 1.47. The Balaban J connectivity index is 0.000000167. The molecular weight excluding hydrogens is 276 g/mol. The topological polar surface area (TPSA) is 66.0 Å². The molecule has 1 heterocycles. The molecule has 0 N–H and O–H groups in total. The molecule has 4 nitrogen and oxygen atoms in total. The van der Waals surface area contributed by atoms with Crippen molar-refractivity contribution in [3.8, 4) is 12.1 Å². The van der Waals surface area contributed by atoms with E-state index in [-0.39, 0.29) is 0 Å². The highest BCUT2D eigenvalue weighted by Crippen LogP contribution is 1.93. The molecule has 0 radical (unpaired) electrons. The second-order valence-corrected chi connectivity index (χ2v) is 4.18. The molecule has 0 aromatic heterocycles. The summed E-state index contributed by atoms with van der Waals surface area (Å²) in [4.78, 5) is 0. The Labute approximate surface area is 131 Å². The number of benzene rings is 2. The fraction of sp³-hybridized carbons (Fsp3) is 0.222. The molecule has 3 rings (SSSR count). The second-order valence-electron chi connectivity index (χ2n) is 4.18. The van der Waals surface area contributed by atoms with Gasteiger partial charge in [-0.1, -0.05) is 36.4 Å². The summed E-state index contributed by atoms with van der Waals surface area (Å²) in [6, 6.07) is 22.3. The third kappa shape index (κ3) is 8.50. The summed E-state index contributed by atoms with van der Waals surface area (Å²) < 4.78 is 9.89. The second kappa shape index (κ2) is 12.1.